The Morgan fingerprint density at radius 3 is 1.96 bits per heavy atom. The van der Waals surface area contributed by atoms with Crippen LogP contribution in [0.15, 0.2) is 30.3 Å². The van der Waals surface area contributed by atoms with Crippen LogP contribution in [0.5, 0.6) is 23.0 Å². The van der Waals surface area contributed by atoms with Gasteiger partial charge in [0.25, 0.3) is 0 Å². The molecule has 0 spiro atoms. The highest BCUT2D eigenvalue weighted by Gasteiger charge is 2.17. The minimum absolute atomic E-state index is 0.592. The Kier molecular flexibility index (Phi) is 6.15. The van der Waals surface area contributed by atoms with Gasteiger partial charge >= 0.3 is 0 Å². The zero-order valence-electron chi connectivity index (χ0n) is 13.6. The van der Waals surface area contributed by atoms with E-state index in [1.165, 1.54) is 0 Å². The maximum absolute atomic E-state index is 5.48. The molecule has 0 saturated carbocycles. The standard InChI is InChI=1S/C18H19IO4/c1-20-14-8-6-5-7-12(14)9-10-13-11-15(21-2)17(22-3)18(23-4)16(13)19/h5-11H,1-4H3. The van der Waals surface area contributed by atoms with E-state index in [1.54, 1.807) is 28.4 Å². The number of methoxy groups -OCH3 is 4. The second kappa shape index (κ2) is 8.10. The topological polar surface area (TPSA) is 36.9 Å². The Morgan fingerprint density at radius 2 is 1.35 bits per heavy atom. The highest BCUT2D eigenvalue weighted by Crippen LogP contribution is 2.43. The summed E-state index contributed by atoms with van der Waals surface area (Å²) in [5, 5.41) is 0. The van der Waals surface area contributed by atoms with Crippen LogP contribution in [0.25, 0.3) is 12.2 Å². The molecule has 5 heteroatoms. The monoisotopic (exact) mass is 426 g/mol. The molecule has 0 fully saturated rings. The van der Waals surface area contributed by atoms with Crippen molar-refractivity contribution in [3.8, 4) is 23.0 Å². The Labute approximate surface area is 150 Å². The van der Waals surface area contributed by atoms with Gasteiger partial charge in [-0.1, -0.05) is 30.4 Å². The molecule has 122 valence electrons. The van der Waals surface area contributed by atoms with Crippen molar-refractivity contribution in [2.45, 2.75) is 0 Å². The fraction of sp³-hybridized carbons (Fsp3) is 0.222. The Morgan fingerprint density at radius 1 is 0.739 bits per heavy atom. The van der Waals surface area contributed by atoms with Crippen LogP contribution < -0.4 is 18.9 Å². The first-order chi connectivity index (χ1) is 11.2. The van der Waals surface area contributed by atoms with Crippen molar-refractivity contribution in [1.29, 1.82) is 0 Å². The van der Waals surface area contributed by atoms with E-state index in [1.807, 2.05) is 42.5 Å². The molecule has 2 aromatic carbocycles. The van der Waals surface area contributed by atoms with Crippen LogP contribution in [0, 0.1) is 3.57 Å². The summed E-state index contributed by atoms with van der Waals surface area (Å²) in [6, 6.07) is 9.77. The molecule has 0 aliphatic heterocycles. The molecule has 0 heterocycles. The second-order valence-corrected chi connectivity index (χ2v) is 5.70. The van der Waals surface area contributed by atoms with Gasteiger partial charge in [-0.25, -0.2) is 0 Å². The van der Waals surface area contributed by atoms with Crippen LogP contribution in [-0.4, -0.2) is 28.4 Å². The fourth-order valence-corrected chi connectivity index (χ4v) is 3.05. The summed E-state index contributed by atoms with van der Waals surface area (Å²) >= 11 is 2.24. The first-order valence-electron chi connectivity index (χ1n) is 6.95. The van der Waals surface area contributed by atoms with Crippen LogP contribution in [0.2, 0.25) is 0 Å². The van der Waals surface area contributed by atoms with Gasteiger partial charge in [0, 0.05) is 5.56 Å². The zero-order chi connectivity index (χ0) is 16.8. The zero-order valence-corrected chi connectivity index (χ0v) is 15.7. The summed E-state index contributed by atoms with van der Waals surface area (Å²) < 4.78 is 22.6. The lowest BCUT2D eigenvalue weighted by molar-refractivity contribution is 0.323. The quantitative estimate of drug-likeness (QED) is 0.504. The average molecular weight is 426 g/mol. The highest BCUT2D eigenvalue weighted by atomic mass is 127. The number of rotatable bonds is 6. The molecule has 23 heavy (non-hydrogen) atoms. The van der Waals surface area contributed by atoms with Gasteiger partial charge in [0.15, 0.2) is 11.5 Å². The molecule has 0 amide bonds. The summed E-state index contributed by atoms with van der Waals surface area (Å²) in [5.74, 6) is 2.71. The maximum Gasteiger partial charge on any atom is 0.204 e. The Bertz CT molecular complexity index is 710. The number of hydrogen-bond acceptors (Lipinski definition) is 4. The van der Waals surface area contributed by atoms with Crippen molar-refractivity contribution in [3.05, 3.63) is 45.0 Å². The van der Waals surface area contributed by atoms with Crippen molar-refractivity contribution in [2.24, 2.45) is 0 Å². The number of ether oxygens (including phenoxy) is 4. The van der Waals surface area contributed by atoms with Crippen LogP contribution in [0.4, 0.5) is 0 Å². The summed E-state index contributed by atoms with van der Waals surface area (Å²) in [4.78, 5) is 0. The smallest absolute Gasteiger partial charge is 0.204 e. The first-order valence-corrected chi connectivity index (χ1v) is 8.03. The van der Waals surface area contributed by atoms with Gasteiger partial charge < -0.3 is 18.9 Å². The van der Waals surface area contributed by atoms with Gasteiger partial charge in [0.1, 0.15) is 5.75 Å². The lowest BCUT2D eigenvalue weighted by Gasteiger charge is -2.15. The fourth-order valence-electron chi connectivity index (χ4n) is 2.24. The average Bonchev–Trinajstić information content (AvgIpc) is 2.60. The predicted molar refractivity (Wildman–Crippen MR) is 101 cm³/mol. The van der Waals surface area contributed by atoms with E-state index < -0.39 is 0 Å². The van der Waals surface area contributed by atoms with Gasteiger partial charge in [-0.05, 0) is 40.3 Å². The van der Waals surface area contributed by atoms with E-state index in [0.29, 0.717) is 17.2 Å². The minimum atomic E-state index is 0.592. The molecular weight excluding hydrogens is 407 g/mol. The molecule has 0 aliphatic rings. The molecule has 4 nitrogen and oxygen atoms in total. The maximum atomic E-state index is 5.48. The van der Waals surface area contributed by atoms with Crippen molar-refractivity contribution in [1.82, 2.24) is 0 Å². The molecule has 0 N–H and O–H groups in total. The summed E-state index contributed by atoms with van der Waals surface area (Å²) in [7, 11) is 6.49. The molecule has 0 saturated heterocycles. The lowest BCUT2D eigenvalue weighted by Crippen LogP contribution is -1.98. The summed E-state index contributed by atoms with van der Waals surface area (Å²) in [6.07, 6.45) is 4.01. The van der Waals surface area contributed by atoms with Crippen LogP contribution in [-0.2, 0) is 0 Å². The van der Waals surface area contributed by atoms with Crippen molar-refractivity contribution in [2.75, 3.05) is 28.4 Å². The van der Waals surface area contributed by atoms with Crippen LogP contribution in [0.3, 0.4) is 0 Å². The number of benzene rings is 2. The molecule has 0 bridgehead atoms. The Balaban J connectivity index is 2.49. The molecule has 2 rings (SSSR count). The Hall–Kier alpha value is -1.89. The van der Waals surface area contributed by atoms with Gasteiger partial charge in [-0.3, -0.25) is 0 Å². The third kappa shape index (κ3) is 3.72. The van der Waals surface area contributed by atoms with Gasteiger partial charge in [0.05, 0.1) is 32.0 Å². The van der Waals surface area contributed by atoms with E-state index in [2.05, 4.69) is 22.6 Å². The number of halogens is 1. The first kappa shape index (κ1) is 17.5. The molecule has 0 aliphatic carbocycles. The third-order valence-corrected chi connectivity index (χ3v) is 4.49. The van der Waals surface area contributed by atoms with Crippen molar-refractivity contribution < 1.29 is 18.9 Å². The van der Waals surface area contributed by atoms with E-state index in [0.717, 1.165) is 20.4 Å². The van der Waals surface area contributed by atoms with Crippen LogP contribution in [0.1, 0.15) is 11.1 Å². The van der Waals surface area contributed by atoms with Gasteiger partial charge in [-0.15, -0.1) is 0 Å². The SMILES string of the molecule is COc1ccccc1C=Cc1cc(OC)c(OC)c(OC)c1I. The molecule has 0 aromatic heterocycles. The normalized spacial score (nSPS) is 10.7. The predicted octanol–water partition coefficient (Wildman–Crippen LogP) is 4.50. The second-order valence-electron chi connectivity index (χ2n) is 4.62. The van der Waals surface area contributed by atoms with E-state index in [-0.39, 0.29) is 0 Å². The van der Waals surface area contributed by atoms with Crippen molar-refractivity contribution >= 4 is 34.7 Å². The number of para-hydroxylation sites is 1. The van der Waals surface area contributed by atoms with E-state index in [4.69, 9.17) is 18.9 Å². The lowest BCUT2D eigenvalue weighted by atomic mass is 10.1. The molecular formula is C18H19IO4. The molecule has 2 aromatic rings. The van der Waals surface area contributed by atoms with Crippen molar-refractivity contribution in [3.63, 3.8) is 0 Å². The molecule has 0 radical (unpaired) electrons. The minimum Gasteiger partial charge on any atom is -0.496 e. The highest BCUT2D eigenvalue weighted by molar-refractivity contribution is 14.1. The largest absolute Gasteiger partial charge is 0.496 e. The van der Waals surface area contributed by atoms with Gasteiger partial charge in [0.2, 0.25) is 5.75 Å². The summed E-state index contributed by atoms with van der Waals surface area (Å²) in [6.45, 7) is 0. The molecule has 0 unspecified atom stereocenters. The van der Waals surface area contributed by atoms with Gasteiger partial charge in [-0.2, -0.15) is 0 Å². The summed E-state index contributed by atoms with van der Waals surface area (Å²) in [5.41, 5.74) is 1.98. The molecule has 0 atom stereocenters. The third-order valence-electron chi connectivity index (χ3n) is 3.38. The van der Waals surface area contributed by atoms with Crippen LogP contribution >= 0.6 is 22.6 Å². The van der Waals surface area contributed by atoms with E-state index >= 15 is 0 Å². The number of hydrogen-bond donors (Lipinski definition) is 0. The van der Waals surface area contributed by atoms with E-state index in [9.17, 15) is 0 Å².